The Labute approximate surface area is 137 Å². The van der Waals surface area contributed by atoms with Crippen LogP contribution in [0.25, 0.3) is 0 Å². The van der Waals surface area contributed by atoms with E-state index in [1.807, 2.05) is 0 Å². The molecule has 1 aromatic carbocycles. The Morgan fingerprint density at radius 3 is 2.78 bits per heavy atom. The van der Waals surface area contributed by atoms with Gasteiger partial charge >= 0.3 is 6.09 Å². The summed E-state index contributed by atoms with van der Waals surface area (Å²) in [6, 6.07) is 4.99. The van der Waals surface area contributed by atoms with Gasteiger partial charge in [-0.1, -0.05) is 11.8 Å². The van der Waals surface area contributed by atoms with Crippen LogP contribution in [-0.2, 0) is 4.79 Å². The summed E-state index contributed by atoms with van der Waals surface area (Å²) in [6.07, 6.45) is 1.02. The number of thioether (sulfide) groups is 1. The molecular weight excluding hydrogens is 320 g/mol. The molecule has 1 N–H and O–H groups in total. The van der Waals surface area contributed by atoms with Gasteiger partial charge in [0, 0.05) is 14.1 Å². The van der Waals surface area contributed by atoms with Gasteiger partial charge in [-0.25, -0.2) is 4.79 Å². The van der Waals surface area contributed by atoms with Gasteiger partial charge in [0.25, 0.3) is 0 Å². The fourth-order valence-electron chi connectivity index (χ4n) is 1.56. The highest BCUT2D eigenvalue weighted by atomic mass is 32.2. The molecule has 1 fully saturated rings. The highest BCUT2D eigenvalue weighted by Gasteiger charge is 2.16. The second-order valence-electron chi connectivity index (χ2n) is 4.66. The topological polar surface area (TPSA) is 92.6 Å². The standard InChI is InChI=1S/C14H16N4O4S/c1-18(2)14(20)22-10-5-4-9(6-11(10)21-3)7-15-17-13-16-12(19)8-23-13/h4-7H,8H2,1-3H3,(H,16,17,19). The number of nitrogens with zero attached hydrogens (tertiary/aromatic N) is 3. The molecule has 0 aromatic heterocycles. The molecule has 9 heteroatoms. The van der Waals surface area contributed by atoms with E-state index in [9.17, 15) is 9.59 Å². The number of hydrogen-bond acceptors (Lipinski definition) is 7. The maximum Gasteiger partial charge on any atom is 0.414 e. The Morgan fingerprint density at radius 1 is 1.39 bits per heavy atom. The third-order valence-electron chi connectivity index (χ3n) is 2.69. The molecule has 0 spiro atoms. The van der Waals surface area contributed by atoms with E-state index in [2.05, 4.69) is 15.5 Å². The number of carbonyl (C=O) groups is 2. The van der Waals surface area contributed by atoms with Crippen molar-refractivity contribution in [3.8, 4) is 11.5 Å². The lowest BCUT2D eigenvalue weighted by atomic mass is 10.2. The van der Waals surface area contributed by atoms with Gasteiger partial charge in [0.2, 0.25) is 5.91 Å². The van der Waals surface area contributed by atoms with E-state index in [-0.39, 0.29) is 5.91 Å². The van der Waals surface area contributed by atoms with E-state index >= 15 is 0 Å². The molecule has 1 aliphatic rings. The first-order valence-corrected chi connectivity index (χ1v) is 7.59. The van der Waals surface area contributed by atoms with Crippen molar-refractivity contribution in [2.45, 2.75) is 0 Å². The number of hydrogen-bond donors (Lipinski definition) is 1. The molecule has 1 aliphatic heterocycles. The maximum atomic E-state index is 11.6. The molecule has 122 valence electrons. The normalized spacial score (nSPS) is 15.8. The van der Waals surface area contributed by atoms with E-state index < -0.39 is 6.09 Å². The number of benzene rings is 1. The van der Waals surface area contributed by atoms with Crippen molar-refractivity contribution in [1.82, 2.24) is 10.2 Å². The molecule has 1 heterocycles. The fraction of sp³-hybridized carbons (Fsp3) is 0.286. The van der Waals surface area contributed by atoms with Crippen LogP contribution in [0.4, 0.5) is 4.79 Å². The molecule has 2 amide bonds. The van der Waals surface area contributed by atoms with Crippen molar-refractivity contribution in [3.05, 3.63) is 23.8 Å². The van der Waals surface area contributed by atoms with Crippen LogP contribution in [0.2, 0.25) is 0 Å². The molecule has 0 bridgehead atoms. The van der Waals surface area contributed by atoms with Gasteiger partial charge in [0.05, 0.1) is 19.1 Å². The fourth-order valence-corrected chi connectivity index (χ4v) is 2.19. The van der Waals surface area contributed by atoms with Crippen molar-refractivity contribution in [2.24, 2.45) is 10.2 Å². The van der Waals surface area contributed by atoms with Gasteiger partial charge in [-0.2, -0.15) is 5.10 Å². The molecule has 0 radical (unpaired) electrons. The summed E-state index contributed by atoms with van der Waals surface area (Å²) in [5, 5.41) is 10.9. The minimum atomic E-state index is -0.495. The zero-order valence-electron chi connectivity index (χ0n) is 12.9. The lowest BCUT2D eigenvalue weighted by molar-refractivity contribution is -0.116. The van der Waals surface area contributed by atoms with Crippen molar-refractivity contribution in [3.63, 3.8) is 0 Å². The molecule has 23 heavy (non-hydrogen) atoms. The maximum absolute atomic E-state index is 11.6. The Kier molecular flexibility index (Phi) is 5.58. The Morgan fingerprint density at radius 2 is 2.17 bits per heavy atom. The largest absolute Gasteiger partial charge is 0.493 e. The third kappa shape index (κ3) is 4.71. The van der Waals surface area contributed by atoms with Gasteiger partial charge in [-0.3, -0.25) is 4.79 Å². The smallest absolute Gasteiger partial charge is 0.414 e. The summed E-state index contributed by atoms with van der Waals surface area (Å²) in [7, 11) is 4.66. The summed E-state index contributed by atoms with van der Waals surface area (Å²) in [5.74, 6) is 0.986. The van der Waals surface area contributed by atoms with Crippen LogP contribution in [0.15, 0.2) is 28.4 Å². The average Bonchev–Trinajstić information content (AvgIpc) is 2.93. The number of rotatable bonds is 4. The SMILES string of the molecule is COc1cc(C=N/N=C2\NC(=O)CS2)ccc1OC(=O)N(C)C. The van der Waals surface area contributed by atoms with Crippen LogP contribution in [0.1, 0.15) is 5.56 Å². The molecule has 8 nitrogen and oxygen atoms in total. The summed E-state index contributed by atoms with van der Waals surface area (Å²) in [5.41, 5.74) is 0.713. The predicted octanol–water partition coefficient (Wildman–Crippen LogP) is 1.31. The molecule has 0 atom stereocenters. The minimum Gasteiger partial charge on any atom is -0.493 e. The van der Waals surface area contributed by atoms with E-state index in [4.69, 9.17) is 9.47 Å². The van der Waals surface area contributed by atoms with Crippen LogP contribution in [-0.4, -0.2) is 55.2 Å². The van der Waals surface area contributed by atoms with Crippen molar-refractivity contribution >= 4 is 35.1 Å². The monoisotopic (exact) mass is 336 g/mol. The van der Waals surface area contributed by atoms with Crippen molar-refractivity contribution in [1.29, 1.82) is 0 Å². The molecule has 0 unspecified atom stereocenters. The predicted molar refractivity (Wildman–Crippen MR) is 88.3 cm³/mol. The first-order chi connectivity index (χ1) is 11.0. The van der Waals surface area contributed by atoms with Crippen LogP contribution >= 0.6 is 11.8 Å². The zero-order valence-corrected chi connectivity index (χ0v) is 13.7. The Balaban J connectivity index is 2.09. The number of methoxy groups -OCH3 is 1. The number of nitrogens with one attached hydrogen (secondary N) is 1. The van der Waals surface area contributed by atoms with E-state index in [0.717, 1.165) is 0 Å². The summed E-state index contributed by atoms with van der Waals surface area (Å²) in [4.78, 5) is 23.9. The molecule has 0 aliphatic carbocycles. The second-order valence-corrected chi connectivity index (χ2v) is 5.62. The summed E-state index contributed by atoms with van der Waals surface area (Å²) >= 11 is 1.29. The minimum absolute atomic E-state index is 0.0855. The first-order valence-electron chi connectivity index (χ1n) is 6.60. The zero-order chi connectivity index (χ0) is 16.8. The van der Waals surface area contributed by atoms with Crippen LogP contribution in [0, 0.1) is 0 Å². The van der Waals surface area contributed by atoms with Crippen molar-refractivity contribution < 1.29 is 19.1 Å². The second kappa shape index (κ2) is 7.63. The number of amidine groups is 1. The van der Waals surface area contributed by atoms with Gasteiger partial charge < -0.3 is 19.7 Å². The third-order valence-corrected chi connectivity index (χ3v) is 3.56. The van der Waals surface area contributed by atoms with E-state index in [1.54, 1.807) is 32.3 Å². The highest BCUT2D eigenvalue weighted by molar-refractivity contribution is 8.15. The van der Waals surface area contributed by atoms with Gasteiger partial charge in [-0.15, -0.1) is 5.10 Å². The highest BCUT2D eigenvalue weighted by Crippen LogP contribution is 2.28. The molecular formula is C14H16N4O4S. The Bertz CT molecular complexity index is 673. The molecule has 0 saturated carbocycles. The van der Waals surface area contributed by atoms with Crippen LogP contribution < -0.4 is 14.8 Å². The summed E-state index contributed by atoms with van der Waals surface area (Å²) < 4.78 is 10.4. The quantitative estimate of drug-likeness (QED) is 0.661. The number of ether oxygens (including phenoxy) is 2. The van der Waals surface area contributed by atoms with Crippen LogP contribution in [0.5, 0.6) is 11.5 Å². The lowest BCUT2D eigenvalue weighted by Crippen LogP contribution is -2.25. The van der Waals surface area contributed by atoms with Crippen LogP contribution in [0.3, 0.4) is 0 Å². The number of carbonyl (C=O) groups excluding carboxylic acids is 2. The molecule has 1 saturated heterocycles. The molecule has 2 rings (SSSR count). The molecule has 1 aromatic rings. The first kappa shape index (κ1) is 16.8. The van der Waals surface area contributed by atoms with E-state index in [1.165, 1.54) is 30.0 Å². The van der Waals surface area contributed by atoms with E-state index in [0.29, 0.717) is 28.0 Å². The van der Waals surface area contributed by atoms with Crippen molar-refractivity contribution in [2.75, 3.05) is 27.0 Å². The van der Waals surface area contributed by atoms with Gasteiger partial charge in [-0.05, 0) is 23.8 Å². The lowest BCUT2D eigenvalue weighted by Gasteiger charge is -2.13. The number of amides is 2. The van der Waals surface area contributed by atoms with Gasteiger partial charge in [0.1, 0.15) is 0 Å². The van der Waals surface area contributed by atoms with Gasteiger partial charge in [0.15, 0.2) is 16.7 Å². The average molecular weight is 336 g/mol. The Hall–Kier alpha value is -2.55. The summed E-state index contributed by atoms with van der Waals surface area (Å²) in [6.45, 7) is 0.